The summed E-state index contributed by atoms with van der Waals surface area (Å²) in [7, 11) is -2.42. The van der Waals surface area contributed by atoms with Crippen molar-refractivity contribution in [3.05, 3.63) is 28.8 Å². The molecule has 2 aromatic rings. The van der Waals surface area contributed by atoms with Crippen LogP contribution in [0.2, 0.25) is 5.02 Å². The number of rotatable bonds is 3. The minimum absolute atomic E-state index is 0.00358. The van der Waals surface area contributed by atoms with Gasteiger partial charge in [-0.05, 0) is 23.4 Å². The Morgan fingerprint density at radius 2 is 2.24 bits per heavy atom. The molecule has 21 heavy (non-hydrogen) atoms. The summed E-state index contributed by atoms with van der Waals surface area (Å²) in [5.74, 6) is 4.92. The van der Waals surface area contributed by atoms with E-state index in [1.54, 1.807) is 0 Å². The number of aliphatic hydroxyl groups excluding tert-OH is 1. The molecule has 8 nitrogen and oxygen atoms in total. The zero-order chi connectivity index (χ0) is 15.5. The van der Waals surface area contributed by atoms with E-state index in [4.69, 9.17) is 16.7 Å². The number of aliphatic hydroxyl groups is 1. The predicted octanol–water partition coefficient (Wildman–Crippen LogP) is 0.00810. The van der Waals surface area contributed by atoms with Crippen LogP contribution in [0.25, 0.3) is 0 Å². The van der Waals surface area contributed by atoms with Crippen LogP contribution < -0.4 is 4.72 Å². The first-order valence-corrected chi connectivity index (χ1v) is 7.44. The normalized spacial score (nSPS) is 10.8. The van der Waals surface area contributed by atoms with Crippen LogP contribution in [0.1, 0.15) is 5.56 Å². The smallest absolute Gasteiger partial charge is 0.277 e. The van der Waals surface area contributed by atoms with E-state index < -0.39 is 10.0 Å². The third kappa shape index (κ3) is 3.69. The summed E-state index contributed by atoms with van der Waals surface area (Å²) in [6.45, 7) is -0.294. The minimum atomic E-state index is -3.93. The third-order valence-electron chi connectivity index (χ3n) is 2.27. The van der Waals surface area contributed by atoms with Gasteiger partial charge in [0.25, 0.3) is 16.0 Å². The highest BCUT2D eigenvalue weighted by Crippen LogP contribution is 2.23. The second kappa shape index (κ2) is 6.09. The molecule has 1 heterocycles. The van der Waals surface area contributed by atoms with Gasteiger partial charge < -0.3 is 5.11 Å². The predicted molar refractivity (Wildman–Crippen MR) is 75.0 cm³/mol. The van der Waals surface area contributed by atoms with Crippen molar-refractivity contribution in [1.82, 2.24) is 20.2 Å². The lowest BCUT2D eigenvalue weighted by Crippen LogP contribution is -2.14. The molecule has 0 aliphatic rings. The number of nitrogens with one attached hydrogen (secondary N) is 1. The molecular formula is C11H10ClN5O3S. The Morgan fingerprint density at radius 1 is 1.48 bits per heavy atom. The highest BCUT2D eigenvalue weighted by molar-refractivity contribution is 7.92. The van der Waals surface area contributed by atoms with Crippen LogP contribution in [0.5, 0.6) is 0 Å². The van der Waals surface area contributed by atoms with Gasteiger partial charge >= 0.3 is 0 Å². The molecule has 0 atom stereocenters. The van der Waals surface area contributed by atoms with Crippen LogP contribution in [0.3, 0.4) is 0 Å². The molecule has 0 bridgehead atoms. The summed E-state index contributed by atoms with van der Waals surface area (Å²) < 4.78 is 26.5. The van der Waals surface area contributed by atoms with Gasteiger partial charge in [-0.3, -0.25) is 0 Å². The zero-order valence-corrected chi connectivity index (χ0v) is 12.4. The van der Waals surface area contributed by atoms with Crippen LogP contribution in [0, 0.1) is 11.8 Å². The summed E-state index contributed by atoms with van der Waals surface area (Å²) in [4.78, 5) is 0.985. The van der Waals surface area contributed by atoms with Crippen molar-refractivity contribution in [1.29, 1.82) is 0 Å². The van der Waals surface area contributed by atoms with E-state index in [9.17, 15) is 8.42 Å². The van der Waals surface area contributed by atoms with Crippen molar-refractivity contribution in [2.75, 3.05) is 11.3 Å². The number of sulfonamides is 1. The Kier molecular flexibility index (Phi) is 4.42. The SMILES string of the molecule is Cn1nnc(NS(=O)(=O)c2ccc(C#CCO)cc2Cl)n1. The summed E-state index contributed by atoms with van der Waals surface area (Å²) in [5.41, 5.74) is 0.491. The molecule has 0 radical (unpaired) electrons. The topological polar surface area (TPSA) is 110 Å². The quantitative estimate of drug-likeness (QED) is 0.768. The highest BCUT2D eigenvalue weighted by atomic mass is 35.5. The molecule has 110 valence electrons. The molecule has 1 aromatic carbocycles. The molecule has 0 saturated heterocycles. The van der Waals surface area contributed by atoms with Crippen molar-refractivity contribution in [2.45, 2.75) is 4.90 Å². The molecule has 2 N–H and O–H groups in total. The Bertz CT molecular complexity index is 822. The van der Waals surface area contributed by atoms with Crippen molar-refractivity contribution in [2.24, 2.45) is 7.05 Å². The summed E-state index contributed by atoms with van der Waals surface area (Å²) in [6, 6.07) is 4.18. The van der Waals surface area contributed by atoms with E-state index in [1.165, 1.54) is 25.2 Å². The first-order valence-electron chi connectivity index (χ1n) is 5.58. The molecule has 2 rings (SSSR count). The van der Waals surface area contributed by atoms with Crippen LogP contribution in [-0.4, -0.2) is 40.3 Å². The molecule has 0 aliphatic carbocycles. The molecule has 0 saturated carbocycles. The van der Waals surface area contributed by atoms with E-state index in [0.717, 1.165) is 4.80 Å². The Hall–Kier alpha value is -2.15. The maximum atomic E-state index is 12.2. The van der Waals surface area contributed by atoms with Gasteiger partial charge in [-0.2, -0.15) is 4.80 Å². The fourth-order valence-corrected chi connectivity index (χ4v) is 2.92. The van der Waals surface area contributed by atoms with Gasteiger partial charge in [-0.15, -0.1) is 5.10 Å². The molecule has 0 amide bonds. The molecular weight excluding hydrogens is 318 g/mol. The second-order valence-electron chi connectivity index (χ2n) is 3.81. The number of nitrogens with zero attached hydrogens (tertiary/aromatic N) is 4. The number of hydrogen-bond donors (Lipinski definition) is 2. The number of aryl methyl sites for hydroxylation is 1. The molecule has 0 fully saturated rings. The average Bonchev–Trinajstić information content (AvgIpc) is 2.80. The largest absolute Gasteiger partial charge is 0.384 e. The fourth-order valence-electron chi connectivity index (χ4n) is 1.44. The number of aromatic nitrogens is 4. The van der Waals surface area contributed by atoms with E-state index >= 15 is 0 Å². The summed E-state index contributed by atoms with van der Waals surface area (Å²) >= 11 is 5.95. The van der Waals surface area contributed by atoms with Gasteiger partial charge in [0.2, 0.25) is 0 Å². The van der Waals surface area contributed by atoms with Gasteiger partial charge in [0.1, 0.15) is 11.5 Å². The molecule has 0 aliphatic heterocycles. The lowest BCUT2D eigenvalue weighted by atomic mass is 10.2. The lowest BCUT2D eigenvalue weighted by Gasteiger charge is -2.06. The number of benzene rings is 1. The van der Waals surface area contributed by atoms with Gasteiger partial charge in [-0.25, -0.2) is 13.1 Å². The zero-order valence-electron chi connectivity index (χ0n) is 10.8. The highest BCUT2D eigenvalue weighted by Gasteiger charge is 2.20. The lowest BCUT2D eigenvalue weighted by molar-refractivity contribution is 0.350. The van der Waals surface area contributed by atoms with Crippen LogP contribution >= 0.6 is 11.6 Å². The van der Waals surface area contributed by atoms with Crippen LogP contribution in [0.15, 0.2) is 23.1 Å². The van der Waals surface area contributed by atoms with Crippen molar-refractivity contribution in [3.8, 4) is 11.8 Å². The van der Waals surface area contributed by atoms with Gasteiger partial charge in [0, 0.05) is 5.56 Å². The maximum absolute atomic E-state index is 12.2. The average molecular weight is 328 g/mol. The second-order valence-corrected chi connectivity index (χ2v) is 5.87. The summed E-state index contributed by atoms with van der Waals surface area (Å²) in [6.07, 6.45) is 0. The number of anilines is 1. The molecule has 10 heteroatoms. The summed E-state index contributed by atoms with van der Waals surface area (Å²) in [5, 5.41) is 19.4. The number of hydrogen-bond acceptors (Lipinski definition) is 6. The van der Waals surface area contributed by atoms with E-state index in [1.807, 2.05) is 0 Å². The van der Waals surface area contributed by atoms with Gasteiger partial charge in [-0.1, -0.05) is 28.5 Å². The van der Waals surface area contributed by atoms with Crippen LogP contribution in [-0.2, 0) is 17.1 Å². The maximum Gasteiger partial charge on any atom is 0.277 e. The molecule has 0 spiro atoms. The van der Waals surface area contributed by atoms with Crippen LogP contribution in [0.4, 0.5) is 5.95 Å². The van der Waals surface area contributed by atoms with Gasteiger partial charge in [0.05, 0.1) is 12.1 Å². The fraction of sp³-hybridized carbons (Fsp3) is 0.182. The van der Waals surface area contributed by atoms with Crippen molar-refractivity contribution in [3.63, 3.8) is 0 Å². The third-order valence-corrected chi connectivity index (χ3v) is 4.08. The standard InChI is InChI=1S/C11H10ClN5O3S/c1-17-14-11(13-16-17)15-21(19,20)10-5-4-8(3-2-6-18)7-9(10)12/h4-5,7,18H,6H2,1H3,(H,14,15). The minimum Gasteiger partial charge on any atom is -0.384 e. The number of tetrazole rings is 1. The Labute approximate surface area is 125 Å². The van der Waals surface area contributed by atoms with E-state index in [-0.39, 0.29) is 22.5 Å². The first kappa shape index (κ1) is 15.2. The molecule has 0 unspecified atom stereocenters. The Balaban J connectivity index is 2.32. The Morgan fingerprint density at radius 3 is 2.81 bits per heavy atom. The van der Waals surface area contributed by atoms with Crippen molar-refractivity contribution >= 4 is 27.6 Å². The van der Waals surface area contributed by atoms with Gasteiger partial charge in [0.15, 0.2) is 0 Å². The first-order chi connectivity index (χ1) is 9.92. The van der Waals surface area contributed by atoms with E-state index in [2.05, 4.69) is 32.0 Å². The number of halogens is 1. The monoisotopic (exact) mass is 327 g/mol. The van der Waals surface area contributed by atoms with E-state index in [0.29, 0.717) is 5.56 Å². The van der Waals surface area contributed by atoms with Crippen molar-refractivity contribution < 1.29 is 13.5 Å². The molecule has 1 aromatic heterocycles.